The Kier molecular flexibility index (Phi) is 4.81. The Labute approximate surface area is 123 Å². The molecular weight excluding hydrogens is 268 g/mol. The Hall–Kier alpha value is -2.50. The summed E-state index contributed by atoms with van der Waals surface area (Å²) in [6, 6.07) is 7.71. The number of nitrogens with zero attached hydrogens (tertiary/aromatic N) is 2. The van der Waals surface area contributed by atoms with Crippen molar-refractivity contribution >= 4 is 11.6 Å². The number of nitrogens with two attached hydrogens (primary N) is 1. The van der Waals surface area contributed by atoms with E-state index < -0.39 is 0 Å². The molecule has 0 radical (unpaired) electrons. The van der Waals surface area contributed by atoms with Crippen LogP contribution in [0.4, 0.5) is 5.69 Å². The highest BCUT2D eigenvalue weighted by molar-refractivity contribution is 5.76. The van der Waals surface area contributed by atoms with Crippen molar-refractivity contribution in [1.82, 2.24) is 15.1 Å². The summed E-state index contributed by atoms with van der Waals surface area (Å²) in [4.78, 5) is 11.8. The first-order valence-electron chi connectivity index (χ1n) is 6.79. The first-order valence-corrected chi connectivity index (χ1v) is 6.79. The highest BCUT2D eigenvalue weighted by Gasteiger charge is 2.09. The molecule has 0 aliphatic heterocycles. The summed E-state index contributed by atoms with van der Waals surface area (Å²) in [7, 11) is 0. The van der Waals surface area contributed by atoms with Crippen molar-refractivity contribution < 1.29 is 9.53 Å². The topological polar surface area (TPSA) is 82.2 Å². The van der Waals surface area contributed by atoms with Gasteiger partial charge in [-0.1, -0.05) is 17.7 Å². The standard InChI is InChI=1S/C15H20N4O2/c1-11-3-5-14(6-4-11)21-10-12(2)18-15(20)9-19-8-13(16)7-17-19/h3-8,12H,9-10,16H2,1-2H3,(H,18,20). The number of hydrogen-bond acceptors (Lipinski definition) is 4. The Balaban J connectivity index is 1.74. The molecule has 1 amide bonds. The number of aryl methyl sites for hydroxylation is 1. The summed E-state index contributed by atoms with van der Waals surface area (Å²) in [5, 5.41) is 6.82. The maximum atomic E-state index is 11.8. The molecule has 2 aromatic rings. The normalized spacial score (nSPS) is 11.9. The van der Waals surface area contributed by atoms with Crippen LogP contribution in [-0.4, -0.2) is 28.3 Å². The fraction of sp³-hybridized carbons (Fsp3) is 0.333. The molecule has 112 valence electrons. The van der Waals surface area contributed by atoms with E-state index in [9.17, 15) is 4.79 Å². The van der Waals surface area contributed by atoms with E-state index in [1.165, 1.54) is 16.4 Å². The van der Waals surface area contributed by atoms with Crippen LogP contribution in [0.1, 0.15) is 12.5 Å². The average Bonchev–Trinajstić information content (AvgIpc) is 2.83. The van der Waals surface area contributed by atoms with Gasteiger partial charge in [0.25, 0.3) is 0 Å². The van der Waals surface area contributed by atoms with Crippen molar-refractivity contribution in [2.75, 3.05) is 12.3 Å². The van der Waals surface area contributed by atoms with Crippen LogP contribution < -0.4 is 15.8 Å². The third-order valence-corrected chi connectivity index (χ3v) is 2.89. The van der Waals surface area contributed by atoms with Crippen molar-refractivity contribution in [2.45, 2.75) is 26.4 Å². The van der Waals surface area contributed by atoms with Gasteiger partial charge in [-0.05, 0) is 26.0 Å². The van der Waals surface area contributed by atoms with E-state index in [0.717, 1.165) is 5.75 Å². The third-order valence-electron chi connectivity index (χ3n) is 2.89. The number of ether oxygens (including phenoxy) is 1. The largest absolute Gasteiger partial charge is 0.491 e. The number of rotatable bonds is 6. The monoisotopic (exact) mass is 288 g/mol. The van der Waals surface area contributed by atoms with Gasteiger partial charge in [-0.2, -0.15) is 5.10 Å². The summed E-state index contributed by atoms with van der Waals surface area (Å²) in [6.45, 7) is 4.47. The van der Waals surface area contributed by atoms with Crippen molar-refractivity contribution in [2.24, 2.45) is 0 Å². The quantitative estimate of drug-likeness (QED) is 0.840. The second kappa shape index (κ2) is 6.78. The number of carbonyl (C=O) groups is 1. The van der Waals surface area contributed by atoms with Crippen LogP contribution >= 0.6 is 0 Å². The van der Waals surface area contributed by atoms with E-state index in [4.69, 9.17) is 10.5 Å². The van der Waals surface area contributed by atoms with Gasteiger partial charge in [0.1, 0.15) is 18.9 Å². The molecule has 1 atom stereocenters. The van der Waals surface area contributed by atoms with Gasteiger partial charge < -0.3 is 15.8 Å². The number of hydrogen-bond donors (Lipinski definition) is 2. The van der Waals surface area contributed by atoms with Crippen LogP contribution in [-0.2, 0) is 11.3 Å². The van der Waals surface area contributed by atoms with Gasteiger partial charge >= 0.3 is 0 Å². The molecular formula is C15H20N4O2. The number of anilines is 1. The van der Waals surface area contributed by atoms with E-state index in [1.807, 2.05) is 38.1 Å². The number of nitrogens with one attached hydrogen (secondary N) is 1. The Morgan fingerprint density at radius 2 is 2.14 bits per heavy atom. The van der Waals surface area contributed by atoms with Gasteiger partial charge in [-0.25, -0.2) is 0 Å². The lowest BCUT2D eigenvalue weighted by atomic mass is 10.2. The van der Waals surface area contributed by atoms with Crippen LogP contribution in [0.5, 0.6) is 5.75 Å². The number of nitrogen functional groups attached to an aromatic ring is 1. The van der Waals surface area contributed by atoms with E-state index in [-0.39, 0.29) is 18.5 Å². The number of aromatic nitrogens is 2. The van der Waals surface area contributed by atoms with Gasteiger partial charge in [0, 0.05) is 6.20 Å². The lowest BCUT2D eigenvalue weighted by Gasteiger charge is -2.15. The van der Waals surface area contributed by atoms with Crippen LogP contribution in [0.2, 0.25) is 0 Å². The molecule has 1 aromatic carbocycles. The molecule has 0 saturated heterocycles. The summed E-state index contributed by atoms with van der Waals surface area (Å²) in [6.07, 6.45) is 3.13. The Morgan fingerprint density at radius 1 is 1.43 bits per heavy atom. The first-order chi connectivity index (χ1) is 10.0. The van der Waals surface area contributed by atoms with Crippen LogP contribution in [0, 0.1) is 6.92 Å². The summed E-state index contributed by atoms with van der Waals surface area (Å²) in [5.41, 5.74) is 7.27. The molecule has 0 aliphatic rings. The van der Waals surface area contributed by atoms with Crippen molar-refractivity contribution in [3.05, 3.63) is 42.2 Å². The fourth-order valence-electron chi connectivity index (χ4n) is 1.83. The summed E-state index contributed by atoms with van der Waals surface area (Å²) < 4.78 is 7.12. The van der Waals surface area contributed by atoms with Gasteiger partial charge in [0.15, 0.2) is 0 Å². The van der Waals surface area contributed by atoms with Gasteiger partial charge in [0.2, 0.25) is 5.91 Å². The second-order valence-corrected chi connectivity index (χ2v) is 5.06. The highest BCUT2D eigenvalue weighted by Crippen LogP contribution is 2.11. The van der Waals surface area contributed by atoms with Gasteiger partial charge in [-0.15, -0.1) is 0 Å². The Bertz CT molecular complexity index is 592. The summed E-state index contributed by atoms with van der Waals surface area (Å²) in [5.74, 6) is 0.666. The highest BCUT2D eigenvalue weighted by atomic mass is 16.5. The predicted molar refractivity (Wildman–Crippen MR) is 80.9 cm³/mol. The number of benzene rings is 1. The molecule has 1 heterocycles. The van der Waals surface area contributed by atoms with Crippen LogP contribution in [0.15, 0.2) is 36.7 Å². The van der Waals surface area contributed by atoms with Gasteiger partial charge in [0.05, 0.1) is 17.9 Å². The molecule has 2 rings (SSSR count). The van der Waals surface area contributed by atoms with E-state index in [0.29, 0.717) is 12.3 Å². The molecule has 0 saturated carbocycles. The number of carbonyl (C=O) groups excluding carboxylic acids is 1. The predicted octanol–water partition coefficient (Wildman–Crippen LogP) is 1.36. The third kappa shape index (κ3) is 4.83. The molecule has 6 nitrogen and oxygen atoms in total. The van der Waals surface area contributed by atoms with Crippen molar-refractivity contribution in [3.8, 4) is 5.75 Å². The smallest absolute Gasteiger partial charge is 0.242 e. The molecule has 21 heavy (non-hydrogen) atoms. The fourth-order valence-corrected chi connectivity index (χ4v) is 1.83. The molecule has 1 aromatic heterocycles. The van der Waals surface area contributed by atoms with Crippen molar-refractivity contribution in [1.29, 1.82) is 0 Å². The zero-order chi connectivity index (χ0) is 15.2. The molecule has 0 spiro atoms. The lowest BCUT2D eigenvalue weighted by Crippen LogP contribution is -2.38. The molecule has 1 unspecified atom stereocenters. The van der Waals surface area contributed by atoms with Crippen LogP contribution in [0.25, 0.3) is 0 Å². The minimum Gasteiger partial charge on any atom is -0.491 e. The molecule has 0 fully saturated rings. The second-order valence-electron chi connectivity index (χ2n) is 5.06. The molecule has 6 heteroatoms. The molecule has 3 N–H and O–H groups in total. The zero-order valence-corrected chi connectivity index (χ0v) is 12.2. The lowest BCUT2D eigenvalue weighted by molar-refractivity contribution is -0.122. The van der Waals surface area contributed by atoms with E-state index in [1.54, 1.807) is 6.20 Å². The van der Waals surface area contributed by atoms with E-state index in [2.05, 4.69) is 10.4 Å². The van der Waals surface area contributed by atoms with E-state index >= 15 is 0 Å². The minimum atomic E-state index is -0.127. The maximum Gasteiger partial charge on any atom is 0.242 e. The SMILES string of the molecule is Cc1ccc(OCC(C)NC(=O)Cn2cc(N)cn2)cc1. The summed E-state index contributed by atoms with van der Waals surface area (Å²) >= 11 is 0. The maximum absolute atomic E-state index is 11.8. The average molecular weight is 288 g/mol. The van der Waals surface area contributed by atoms with Crippen molar-refractivity contribution in [3.63, 3.8) is 0 Å². The van der Waals surface area contributed by atoms with Crippen LogP contribution in [0.3, 0.4) is 0 Å². The number of amides is 1. The first kappa shape index (κ1) is 14.9. The van der Waals surface area contributed by atoms with Gasteiger partial charge in [-0.3, -0.25) is 9.48 Å². The zero-order valence-electron chi connectivity index (χ0n) is 12.2. The minimum absolute atomic E-state index is 0.0910. The molecule has 0 bridgehead atoms. The Morgan fingerprint density at radius 3 is 2.76 bits per heavy atom. The molecule has 0 aliphatic carbocycles.